The van der Waals surface area contributed by atoms with Crippen molar-refractivity contribution in [1.29, 1.82) is 0 Å². The van der Waals surface area contributed by atoms with Crippen LogP contribution in [0.3, 0.4) is 0 Å². The molecule has 6 rings (SSSR count). The molecular weight excluding hydrogens is 360 g/mol. The first-order chi connectivity index (χ1) is 13.4. The lowest BCUT2D eigenvalue weighted by Gasteiger charge is -2.58. The quantitative estimate of drug-likeness (QED) is 0.545. The first kappa shape index (κ1) is 19.0. The van der Waals surface area contributed by atoms with Crippen LogP contribution in [0.1, 0.15) is 52.4 Å². The molecule has 4 heterocycles. The SMILES string of the molecule is C[C@@H]1CC[C@H]2[C@H](CCC(=O)[C]3[CH][CH][CH][CH]3)C(=O)O[C@@H]3O[C@@]4(C)CC[C@@H]1[C@]32OO4. The first-order valence-corrected chi connectivity index (χ1v) is 10.4. The van der Waals surface area contributed by atoms with Gasteiger partial charge in [0.15, 0.2) is 5.60 Å². The Morgan fingerprint density at radius 2 is 1.93 bits per heavy atom. The summed E-state index contributed by atoms with van der Waals surface area (Å²) in [6.07, 6.45) is 10.9. The standard InChI is InChI=1S/C22H27O6/c1-13-7-9-17-15(8-10-18(23)14-5-3-4-6-14)19(24)25-20-22(17)16(13)11-12-21(2,26-20)27-28-22/h3-6,13,15-17,20H,7-12H2,1-2H3/t13-,15+,16+,17+,20-,21-,22-/m1/s1. The van der Waals surface area contributed by atoms with E-state index in [2.05, 4.69) is 6.92 Å². The molecule has 0 aromatic heterocycles. The zero-order chi connectivity index (χ0) is 19.5. The molecule has 4 aliphatic heterocycles. The molecule has 0 aromatic carbocycles. The average Bonchev–Trinajstić information content (AvgIpc) is 3.11. The topological polar surface area (TPSA) is 71.1 Å². The molecule has 0 amide bonds. The molecule has 0 aromatic rings. The van der Waals surface area contributed by atoms with Crippen LogP contribution in [0.4, 0.5) is 0 Å². The Morgan fingerprint density at radius 3 is 2.71 bits per heavy atom. The molecule has 6 aliphatic rings. The fourth-order valence-corrected chi connectivity index (χ4v) is 5.93. The maximum Gasteiger partial charge on any atom is 0.311 e. The average molecular weight is 387 g/mol. The second-order valence-electron chi connectivity index (χ2n) is 9.09. The van der Waals surface area contributed by atoms with Crippen LogP contribution in [0, 0.1) is 55.3 Å². The number of carbonyl (C=O) groups excluding carboxylic acids is 2. The van der Waals surface area contributed by atoms with Gasteiger partial charge in [-0.2, -0.15) is 0 Å². The second kappa shape index (κ2) is 6.78. The Labute approximate surface area is 166 Å². The van der Waals surface area contributed by atoms with Crippen LogP contribution < -0.4 is 0 Å². The molecule has 1 spiro atoms. The van der Waals surface area contributed by atoms with Crippen LogP contribution in [0.2, 0.25) is 0 Å². The largest absolute Gasteiger partial charge is 0.432 e. The predicted molar refractivity (Wildman–Crippen MR) is 97.1 cm³/mol. The van der Waals surface area contributed by atoms with E-state index in [0.29, 0.717) is 31.1 Å². The third kappa shape index (κ3) is 2.78. The summed E-state index contributed by atoms with van der Waals surface area (Å²) in [5.41, 5.74) is -0.768. The van der Waals surface area contributed by atoms with Gasteiger partial charge in [-0.05, 0) is 64.2 Å². The van der Waals surface area contributed by atoms with E-state index in [1.165, 1.54) is 0 Å². The van der Waals surface area contributed by atoms with Crippen LogP contribution in [0.25, 0.3) is 0 Å². The van der Waals surface area contributed by atoms with Crippen LogP contribution in [0.15, 0.2) is 0 Å². The third-order valence-corrected chi connectivity index (χ3v) is 7.45. The van der Waals surface area contributed by atoms with Crippen molar-refractivity contribution in [1.82, 2.24) is 0 Å². The number of esters is 1. The van der Waals surface area contributed by atoms with Crippen molar-refractivity contribution in [3.05, 3.63) is 31.6 Å². The van der Waals surface area contributed by atoms with Gasteiger partial charge < -0.3 is 9.47 Å². The van der Waals surface area contributed by atoms with Gasteiger partial charge in [0.25, 0.3) is 0 Å². The van der Waals surface area contributed by atoms with Gasteiger partial charge in [-0.3, -0.25) is 9.59 Å². The summed E-state index contributed by atoms with van der Waals surface area (Å²) in [6.45, 7) is 4.08. The van der Waals surface area contributed by atoms with Gasteiger partial charge in [-0.25, -0.2) is 9.78 Å². The van der Waals surface area contributed by atoms with Gasteiger partial charge in [0, 0.05) is 30.6 Å². The minimum absolute atomic E-state index is 0.0589. The zero-order valence-electron chi connectivity index (χ0n) is 16.4. The molecular formula is C22H27O6. The van der Waals surface area contributed by atoms with E-state index in [4.69, 9.17) is 19.2 Å². The number of carbonyl (C=O) groups is 2. The molecule has 7 atom stereocenters. The van der Waals surface area contributed by atoms with Gasteiger partial charge in [0.2, 0.25) is 12.1 Å². The molecule has 2 saturated carbocycles. The van der Waals surface area contributed by atoms with Gasteiger partial charge in [0.05, 0.1) is 5.92 Å². The molecule has 6 heteroatoms. The number of hydrogen-bond donors (Lipinski definition) is 0. The number of hydrogen-bond acceptors (Lipinski definition) is 6. The highest BCUT2D eigenvalue weighted by Gasteiger charge is 2.70. The Bertz CT molecular complexity index is 657. The highest BCUT2D eigenvalue weighted by molar-refractivity contribution is 5.97. The zero-order valence-corrected chi connectivity index (χ0v) is 16.4. The monoisotopic (exact) mass is 387 g/mol. The van der Waals surface area contributed by atoms with Crippen molar-refractivity contribution in [2.45, 2.75) is 70.1 Å². The lowest BCUT2D eigenvalue weighted by atomic mass is 9.57. The molecule has 2 bridgehead atoms. The van der Waals surface area contributed by atoms with Crippen molar-refractivity contribution in [3.8, 4) is 0 Å². The molecule has 28 heavy (non-hydrogen) atoms. The van der Waals surface area contributed by atoms with E-state index in [-0.39, 0.29) is 29.5 Å². The van der Waals surface area contributed by atoms with Gasteiger partial charge in [-0.1, -0.05) is 6.92 Å². The van der Waals surface area contributed by atoms with Crippen molar-refractivity contribution < 1.29 is 28.8 Å². The lowest BCUT2D eigenvalue weighted by molar-refractivity contribution is -0.559. The number of ketones is 1. The summed E-state index contributed by atoms with van der Waals surface area (Å²) in [7, 11) is 0. The summed E-state index contributed by atoms with van der Waals surface area (Å²) in [5.74, 6) is -0.182. The van der Waals surface area contributed by atoms with Crippen molar-refractivity contribution in [2.75, 3.05) is 0 Å². The number of ether oxygens (including phenoxy) is 2. The van der Waals surface area contributed by atoms with Gasteiger partial charge in [-0.15, -0.1) is 0 Å². The molecule has 4 saturated heterocycles. The van der Waals surface area contributed by atoms with Crippen LogP contribution in [-0.4, -0.2) is 29.4 Å². The Balaban J connectivity index is 1.40. The van der Waals surface area contributed by atoms with E-state index in [1.807, 2.05) is 32.6 Å². The molecule has 5 radical (unpaired) electrons. The molecule has 151 valence electrons. The van der Waals surface area contributed by atoms with Crippen molar-refractivity contribution in [3.63, 3.8) is 0 Å². The highest BCUT2D eigenvalue weighted by Crippen LogP contribution is 2.60. The van der Waals surface area contributed by atoms with E-state index in [1.54, 1.807) is 0 Å². The fraction of sp³-hybridized carbons (Fsp3) is 0.682. The molecule has 0 unspecified atom stereocenters. The summed E-state index contributed by atoms with van der Waals surface area (Å²) in [5, 5.41) is 0. The Hall–Kier alpha value is -0.980. The van der Waals surface area contributed by atoms with Crippen molar-refractivity contribution >= 4 is 11.8 Å². The summed E-state index contributed by atoms with van der Waals surface area (Å²) in [4.78, 5) is 37.2. The predicted octanol–water partition coefficient (Wildman–Crippen LogP) is 3.13. The van der Waals surface area contributed by atoms with Crippen LogP contribution in [-0.2, 0) is 28.8 Å². The minimum atomic E-state index is -0.877. The van der Waals surface area contributed by atoms with Crippen molar-refractivity contribution in [2.24, 2.45) is 23.7 Å². The highest BCUT2D eigenvalue weighted by atomic mass is 17.3. The second-order valence-corrected chi connectivity index (χ2v) is 9.09. The fourth-order valence-electron chi connectivity index (χ4n) is 5.93. The maximum absolute atomic E-state index is 12.9. The smallest absolute Gasteiger partial charge is 0.311 e. The Kier molecular flexibility index (Phi) is 4.60. The third-order valence-electron chi connectivity index (χ3n) is 7.45. The minimum Gasteiger partial charge on any atom is -0.432 e. The number of Topliss-reactive ketones (excluding diaryl/α,β-unsaturated/α-hetero) is 1. The molecule has 6 nitrogen and oxygen atoms in total. The van der Waals surface area contributed by atoms with E-state index in [0.717, 1.165) is 19.3 Å². The summed E-state index contributed by atoms with van der Waals surface area (Å²) >= 11 is 0. The Morgan fingerprint density at radius 1 is 1.14 bits per heavy atom. The number of rotatable bonds is 4. The van der Waals surface area contributed by atoms with E-state index in [9.17, 15) is 9.59 Å². The molecule has 2 aliphatic carbocycles. The van der Waals surface area contributed by atoms with Crippen LogP contribution >= 0.6 is 0 Å². The first-order valence-electron chi connectivity index (χ1n) is 10.4. The van der Waals surface area contributed by atoms with Gasteiger partial charge >= 0.3 is 5.97 Å². The van der Waals surface area contributed by atoms with E-state index >= 15 is 0 Å². The molecule has 6 fully saturated rings. The molecule has 0 N–H and O–H groups in total. The lowest BCUT2D eigenvalue weighted by Crippen LogP contribution is -2.70. The van der Waals surface area contributed by atoms with Gasteiger partial charge in [0.1, 0.15) is 5.78 Å². The van der Waals surface area contributed by atoms with Crippen LogP contribution in [0.5, 0.6) is 0 Å². The van der Waals surface area contributed by atoms with E-state index < -0.39 is 17.7 Å². The normalized spacial score (nSPS) is 48.1. The summed E-state index contributed by atoms with van der Waals surface area (Å²) in [6, 6.07) is 0. The number of fused-ring (bicyclic) bond motifs is 2. The summed E-state index contributed by atoms with van der Waals surface area (Å²) < 4.78 is 11.9. The maximum atomic E-state index is 12.9.